The molecule has 3 N–H and O–H groups in total. The highest BCUT2D eigenvalue weighted by Gasteiger charge is 2.28. The molecule has 0 aliphatic carbocycles. The molecule has 0 saturated carbocycles. The zero-order chi connectivity index (χ0) is 24.7. The van der Waals surface area contributed by atoms with Crippen molar-refractivity contribution in [1.29, 1.82) is 5.26 Å². The minimum absolute atomic E-state index is 0.250. The molecule has 1 unspecified atom stereocenters. The number of nitrogens with zero attached hydrogens (tertiary/aromatic N) is 3. The number of nitriles is 1. The molecular weight excluding hydrogens is 436 g/mol. The summed E-state index contributed by atoms with van der Waals surface area (Å²) in [6, 6.07) is 6.31. The number of methoxy groups -OCH3 is 1. The van der Waals surface area contributed by atoms with Crippen molar-refractivity contribution in [2.45, 2.75) is 38.5 Å². The number of aliphatic hydroxyl groups excluding tert-OH is 1. The van der Waals surface area contributed by atoms with Crippen molar-refractivity contribution in [3.05, 3.63) is 58.0 Å². The summed E-state index contributed by atoms with van der Waals surface area (Å²) in [7, 11) is 1.59. The molecule has 180 valence electrons. The Bertz CT molecular complexity index is 1060. The third-order valence-electron chi connectivity index (χ3n) is 6.54. The molecule has 1 atom stereocenters. The van der Waals surface area contributed by atoms with Crippen molar-refractivity contribution in [2.24, 2.45) is 5.73 Å². The summed E-state index contributed by atoms with van der Waals surface area (Å²) in [6.45, 7) is 5.41. The molecular formula is C25H30N4O5. The number of allylic oxidation sites excluding steroid dienone is 1. The summed E-state index contributed by atoms with van der Waals surface area (Å²) in [4.78, 5) is 24.1. The first-order chi connectivity index (χ1) is 16.5. The number of fused-ring (bicyclic) bond motifs is 1. The van der Waals surface area contributed by atoms with Gasteiger partial charge in [-0.25, -0.2) is 4.79 Å². The molecule has 0 aromatic heterocycles. The number of rotatable bonds is 5. The molecule has 3 aliphatic heterocycles. The van der Waals surface area contributed by atoms with E-state index in [1.54, 1.807) is 7.11 Å². The molecule has 9 nitrogen and oxygen atoms in total. The number of hydrogen-bond donors (Lipinski definition) is 2. The van der Waals surface area contributed by atoms with E-state index >= 15 is 0 Å². The number of carbonyl (C=O) groups excluding carboxylic acids is 2. The zero-order valence-corrected chi connectivity index (χ0v) is 19.5. The van der Waals surface area contributed by atoms with Gasteiger partial charge in [-0.2, -0.15) is 5.26 Å². The van der Waals surface area contributed by atoms with E-state index in [9.17, 15) is 15.2 Å². The molecule has 1 aromatic carbocycles. The van der Waals surface area contributed by atoms with Gasteiger partial charge in [0.1, 0.15) is 24.0 Å². The van der Waals surface area contributed by atoms with Crippen LogP contribution < -0.4 is 5.73 Å². The maximum Gasteiger partial charge on any atom is 0.211 e. The fourth-order valence-corrected chi connectivity index (χ4v) is 4.73. The Morgan fingerprint density at radius 3 is 2.71 bits per heavy atom. The number of likely N-dealkylation sites (tertiary alicyclic amines) is 1. The van der Waals surface area contributed by atoms with Gasteiger partial charge in [-0.15, -0.1) is 0 Å². The van der Waals surface area contributed by atoms with E-state index in [-0.39, 0.29) is 12.2 Å². The predicted octanol–water partition coefficient (Wildman–Crippen LogP) is 1.55. The summed E-state index contributed by atoms with van der Waals surface area (Å²) >= 11 is 0. The van der Waals surface area contributed by atoms with E-state index in [1.165, 1.54) is 0 Å². The minimum Gasteiger partial charge on any atom is -0.496 e. The standard InChI is InChI=1S/C24H27N3O4.CH3NO/c1-16-19(3-4-20-21(16)15-31-24(20)14-28)22(29)13-26-8-5-18(6-9-26)27-10-7-23(30-2)17(11-25)12-27;2-1-3/h3-4,7,12,18,22,29H,5-6,8-10,13,15H2,1-2H3;1H,(H2,2,3). The largest absolute Gasteiger partial charge is 0.496 e. The summed E-state index contributed by atoms with van der Waals surface area (Å²) in [5.74, 6) is 2.74. The number of piperidine rings is 1. The third-order valence-corrected chi connectivity index (χ3v) is 6.54. The highest BCUT2D eigenvalue weighted by molar-refractivity contribution is 5.86. The third kappa shape index (κ3) is 5.32. The minimum atomic E-state index is -0.599. The quantitative estimate of drug-likeness (QED) is 0.494. The lowest BCUT2D eigenvalue weighted by Gasteiger charge is -2.39. The molecule has 1 fully saturated rings. The number of hydrogen-bond acceptors (Lipinski definition) is 8. The zero-order valence-electron chi connectivity index (χ0n) is 19.5. The summed E-state index contributed by atoms with van der Waals surface area (Å²) in [5.41, 5.74) is 8.33. The van der Waals surface area contributed by atoms with Crippen LogP contribution in [0.25, 0.3) is 5.76 Å². The number of aliphatic hydroxyl groups is 1. The van der Waals surface area contributed by atoms with Crippen LogP contribution in [0.1, 0.15) is 41.2 Å². The van der Waals surface area contributed by atoms with Crippen molar-refractivity contribution < 1.29 is 24.2 Å². The lowest BCUT2D eigenvalue weighted by atomic mass is 9.94. The number of amides is 1. The van der Waals surface area contributed by atoms with E-state index in [4.69, 9.17) is 14.3 Å². The van der Waals surface area contributed by atoms with Crippen LogP contribution in [0.15, 0.2) is 35.7 Å². The SMILES string of the molecule is COC1=CCN(C2CCN(CC(O)c3ccc4c(c3C)COC4=C=O)CC2)C=C1C#N.NC=O. The molecule has 3 heterocycles. The van der Waals surface area contributed by atoms with Crippen LogP contribution in [0.3, 0.4) is 0 Å². The van der Waals surface area contributed by atoms with Gasteiger partial charge in [0, 0.05) is 49.5 Å². The summed E-state index contributed by atoms with van der Waals surface area (Å²) in [5, 5.41) is 20.2. The van der Waals surface area contributed by atoms with Crippen LogP contribution in [0.2, 0.25) is 0 Å². The highest BCUT2D eigenvalue weighted by Crippen LogP contribution is 2.34. The van der Waals surface area contributed by atoms with Crippen LogP contribution in [-0.4, -0.2) is 66.6 Å². The van der Waals surface area contributed by atoms with Crippen molar-refractivity contribution >= 4 is 18.1 Å². The normalized spacial score (nSPS) is 18.8. The monoisotopic (exact) mass is 466 g/mol. The molecule has 34 heavy (non-hydrogen) atoms. The van der Waals surface area contributed by atoms with Crippen LogP contribution >= 0.6 is 0 Å². The first-order valence-corrected chi connectivity index (χ1v) is 11.2. The smallest absolute Gasteiger partial charge is 0.211 e. The first-order valence-electron chi connectivity index (χ1n) is 11.2. The fraction of sp³-hybridized carbons (Fsp3) is 0.440. The van der Waals surface area contributed by atoms with Gasteiger partial charge in [0.15, 0.2) is 5.94 Å². The Hall–Kier alpha value is -3.57. The second-order valence-corrected chi connectivity index (χ2v) is 8.33. The molecule has 0 spiro atoms. The molecule has 9 heteroatoms. The van der Waals surface area contributed by atoms with Gasteiger partial charge in [-0.05, 0) is 43.0 Å². The first kappa shape index (κ1) is 25.1. The number of nitrogens with two attached hydrogens (primary N) is 1. The Labute approximate surface area is 199 Å². The molecule has 1 amide bonds. The average molecular weight is 467 g/mol. The lowest BCUT2D eigenvalue weighted by Crippen LogP contribution is -2.44. The number of carbonyl (C=O) groups is 1. The van der Waals surface area contributed by atoms with Gasteiger partial charge in [-0.3, -0.25) is 4.79 Å². The van der Waals surface area contributed by atoms with Crippen LogP contribution in [0, 0.1) is 18.3 Å². The van der Waals surface area contributed by atoms with Gasteiger partial charge in [0.25, 0.3) is 0 Å². The molecule has 1 saturated heterocycles. The lowest BCUT2D eigenvalue weighted by molar-refractivity contribution is -0.106. The number of benzene rings is 1. The molecule has 4 rings (SSSR count). The van der Waals surface area contributed by atoms with Crippen LogP contribution in [-0.2, 0) is 25.7 Å². The number of primary amides is 1. The van der Waals surface area contributed by atoms with E-state index < -0.39 is 6.10 Å². The summed E-state index contributed by atoms with van der Waals surface area (Å²) in [6.07, 6.45) is 5.47. The maximum atomic E-state index is 11.0. The van der Waals surface area contributed by atoms with Crippen molar-refractivity contribution in [3.8, 4) is 6.07 Å². The van der Waals surface area contributed by atoms with Gasteiger partial charge in [0.05, 0.1) is 13.2 Å². The molecule has 0 bridgehead atoms. The fourth-order valence-electron chi connectivity index (χ4n) is 4.73. The summed E-state index contributed by atoms with van der Waals surface area (Å²) < 4.78 is 10.7. The number of β-amino-alcohol motifs (C(OH)–C–C–N with tert-alkyl or cyclic N) is 1. The van der Waals surface area contributed by atoms with E-state index in [0.29, 0.717) is 30.5 Å². The number of ether oxygens (including phenoxy) is 2. The Morgan fingerprint density at radius 1 is 1.38 bits per heavy atom. The van der Waals surface area contributed by atoms with Gasteiger partial charge >= 0.3 is 0 Å². The molecule has 1 aromatic rings. The second-order valence-electron chi connectivity index (χ2n) is 8.33. The topological polar surface area (TPSA) is 129 Å². The Kier molecular flexibility index (Phi) is 8.50. The predicted molar refractivity (Wildman–Crippen MR) is 125 cm³/mol. The Morgan fingerprint density at radius 2 is 2.09 bits per heavy atom. The van der Waals surface area contributed by atoms with Crippen molar-refractivity contribution in [3.63, 3.8) is 0 Å². The van der Waals surface area contributed by atoms with Gasteiger partial charge in [0.2, 0.25) is 12.2 Å². The molecule has 3 aliphatic rings. The maximum absolute atomic E-state index is 11.0. The van der Waals surface area contributed by atoms with Crippen LogP contribution in [0.4, 0.5) is 0 Å². The van der Waals surface area contributed by atoms with Crippen molar-refractivity contribution in [2.75, 3.05) is 33.3 Å². The van der Waals surface area contributed by atoms with Gasteiger partial charge < -0.3 is 30.1 Å². The Balaban J connectivity index is 0.00000103. The van der Waals surface area contributed by atoms with E-state index in [1.807, 2.05) is 37.3 Å². The second kappa shape index (κ2) is 11.5. The van der Waals surface area contributed by atoms with Gasteiger partial charge in [-0.1, -0.05) is 6.07 Å². The van der Waals surface area contributed by atoms with Crippen LogP contribution in [0.5, 0.6) is 0 Å². The van der Waals surface area contributed by atoms with E-state index in [2.05, 4.69) is 21.6 Å². The van der Waals surface area contributed by atoms with Crippen molar-refractivity contribution in [1.82, 2.24) is 9.80 Å². The van der Waals surface area contributed by atoms with E-state index in [0.717, 1.165) is 54.7 Å². The molecule has 0 radical (unpaired) electrons. The average Bonchev–Trinajstić information content (AvgIpc) is 3.29. The highest BCUT2D eigenvalue weighted by atomic mass is 16.5.